The number of hydrogen-bond acceptors (Lipinski definition) is 4. The van der Waals surface area contributed by atoms with Gasteiger partial charge in [-0.3, -0.25) is 0 Å². The summed E-state index contributed by atoms with van der Waals surface area (Å²) in [7, 11) is -3.14. The first-order valence-electron chi connectivity index (χ1n) is 7.20. The van der Waals surface area contributed by atoms with Crippen LogP contribution in [0, 0.1) is 11.3 Å². The van der Waals surface area contributed by atoms with Crippen molar-refractivity contribution in [3.63, 3.8) is 0 Å². The van der Waals surface area contributed by atoms with Gasteiger partial charge in [0, 0.05) is 6.04 Å². The summed E-state index contributed by atoms with van der Waals surface area (Å²) < 4.78 is 31.7. The third-order valence-electron chi connectivity index (χ3n) is 3.70. The molecule has 1 saturated carbocycles. The van der Waals surface area contributed by atoms with Gasteiger partial charge in [-0.25, -0.2) is 13.1 Å². The second-order valence-electron chi connectivity index (χ2n) is 5.22. The summed E-state index contributed by atoms with van der Waals surface area (Å²) in [6.45, 7) is 1.63. The lowest BCUT2D eigenvalue weighted by Gasteiger charge is -2.29. The highest BCUT2D eigenvalue weighted by Gasteiger charge is 2.25. The van der Waals surface area contributed by atoms with Crippen molar-refractivity contribution >= 4 is 10.0 Å². The van der Waals surface area contributed by atoms with E-state index in [0.717, 1.165) is 25.7 Å². The molecule has 0 atom stereocenters. The standard InChI is InChI=1S/C15H20N2O3S/c1-2-21(18,19)17-13-7-9-14(10-8-13)20-15-6-4-3-5-12(15)11-16/h3-6,13-14,17H,2,7-10H2,1H3. The van der Waals surface area contributed by atoms with Gasteiger partial charge >= 0.3 is 0 Å². The van der Waals surface area contributed by atoms with Crippen molar-refractivity contribution in [3.8, 4) is 11.8 Å². The average molecular weight is 308 g/mol. The Morgan fingerprint density at radius 3 is 2.57 bits per heavy atom. The maximum Gasteiger partial charge on any atom is 0.211 e. The Hall–Kier alpha value is -1.58. The Morgan fingerprint density at radius 2 is 1.95 bits per heavy atom. The van der Waals surface area contributed by atoms with Crippen LogP contribution in [0.15, 0.2) is 24.3 Å². The molecule has 0 heterocycles. The Balaban J connectivity index is 1.89. The molecule has 6 heteroatoms. The van der Waals surface area contributed by atoms with Crippen LogP contribution in [-0.2, 0) is 10.0 Å². The second-order valence-corrected chi connectivity index (χ2v) is 7.26. The van der Waals surface area contributed by atoms with Crippen LogP contribution in [0.1, 0.15) is 38.2 Å². The van der Waals surface area contributed by atoms with Crippen molar-refractivity contribution in [2.24, 2.45) is 0 Å². The fourth-order valence-corrected chi connectivity index (χ4v) is 3.39. The zero-order valence-corrected chi connectivity index (χ0v) is 12.9. The van der Waals surface area contributed by atoms with Crippen LogP contribution in [0.4, 0.5) is 0 Å². The predicted molar refractivity (Wildman–Crippen MR) is 80.4 cm³/mol. The smallest absolute Gasteiger partial charge is 0.211 e. The molecule has 0 amide bonds. The zero-order valence-electron chi connectivity index (χ0n) is 12.1. The first-order valence-corrected chi connectivity index (χ1v) is 8.85. The largest absolute Gasteiger partial charge is 0.489 e. The molecule has 0 radical (unpaired) electrons. The molecule has 5 nitrogen and oxygen atoms in total. The summed E-state index contributed by atoms with van der Waals surface area (Å²) in [5.41, 5.74) is 0.534. The van der Waals surface area contributed by atoms with Crippen LogP contribution in [-0.4, -0.2) is 26.3 Å². The third kappa shape index (κ3) is 4.45. The fourth-order valence-electron chi connectivity index (χ4n) is 2.48. The number of rotatable bonds is 5. The highest BCUT2D eigenvalue weighted by Crippen LogP contribution is 2.26. The minimum Gasteiger partial charge on any atom is -0.489 e. The van der Waals surface area contributed by atoms with E-state index in [9.17, 15) is 8.42 Å². The fraction of sp³-hybridized carbons (Fsp3) is 0.533. The quantitative estimate of drug-likeness (QED) is 0.904. The molecule has 2 rings (SSSR count). The predicted octanol–water partition coefficient (Wildman–Crippen LogP) is 2.19. The number of ether oxygens (including phenoxy) is 1. The summed E-state index contributed by atoms with van der Waals surface area (Å²) in [6.07, 6.45) is 3.15. The van der Waals surface area contributed by atoms with Crippen LogP contribution >= 0.6 is 0 Å². The number of hydrogen-bond donors (Lipinski definition) is 1. The molecular formula is C15H20N2O3S. The van der Waals surface area contributed by atoms with E-state index in [2.05, 4.69) is 10.8 Å². The van der Waals surface area contributed by atoms with Crippen LogP contribution in [0.25, 0.3) is 0 Å². The monoisotopic (exact) mass is 308 g/mol. The molecule has 0 spiro atoms. The highest BCUT2D eigenvalue weighted by molar-refractivity contribution is 7.89. The first kappa shape index (κ1) is 15.8. The molecular weight excluding hydrogens is 288 g/mol. The normalized spacial score (nSPS) is 22.5. The van der Waals surface area contributed by atoms with Gasteiger partial charge in [0.25, 0.3) is 0 Å². The molecule has 1 aliphatic rings. The van der Waals surface area contributed by atoms with E-state index >= 15 is 0 Å². The highest BCUT2D eigenvalue weighted by atomic mass is 32.2. The lowest BCUT2D eigenvalue weighted by molar-refractivity contribution is 0.144. The van der Waals surface area contributed by atoms with Crippen LogP contribution < -0.4 is 9.46 Å². The first-order chi connectivity index (χ1) is 10.0. The molecule has 114 valence electrons. The summed E-state index contributed by atoms with van der Waals surface area (Å²) in [5, 5.41) is 9.04. The summed E-state index contributed by atoms with van der Waals surface area (Å²) in [5.74, 6) is 0.719. The minimum atomic E-state index is -3.14. The molecule has 0 aromatic heterocycles. The van der Waals surface area contributed by atoms with Gasteiger partial charge in [0.2, 0.25) is 10.0 Å². The van der Waals surface area contributed by atoms with E-state index in [-0.39, 0.29) is 17.9 Å². The molecule has 1 aromatic rings. The maximum absolute atomic E-state index is 11.5. The molecule has 1 aliphatic carbocycles. The van der Waals surface area contributed by atoms with Gasteiger partial charge < -0.3 is 4.74 Å². The molecule has 0 saturated heterocycles. The molecule has 1 fully saturated rings. The van der Waals surface area contributed by atoms with E-state index in [1.807, 2.05) is 12.1 Å². The summed E-state index contributed by atoms with van der Waals surface area (Å²) >= 11 is 0. The van der Waals surface area contributed by atoms with E-state index in [0.29, 0.717) is 11.3 Å². The number of nitrogens with one attached hydrogen (secondary N) is 1. The molecule has 1 N–H and O–H groups in total. The van der Waals surface area contributed by atoms with Crippen molar-refractivity contribution in [1.82, 2.24) is 4.72 Å². The molecule has 1 aromatic carbocycles. The van der Waals surface area contributed by atoms with Crippen molar-refractivity contribution < 1.29 is 13.2 Å². The zero-order chi connectivity index (χ0) is 15.3. The van der Waals surface area contributed by atoms with Gasteiger partial charge in [-0.05, 0) is 44.7 Å². The Labute approximate surface area is 126 Å². The minimum absolute atomic E-state index is 0.000936. The Kier molecular flexibility index (Phi) is 5.21. The van der Waals surface area contributed by atoms with Crippen molar-refractivity contribution in [2.45, 2.75) is 44.8 Å². The van der Waals surface area contributed by atoms with Crippen molar-refractivity contribution in [2.75, 3.05) is 5.75 Å². The number of benzene rings is 1. The van der Waals surface area contributed by atoms with E-state index in [1.54, 1.807) is 19.1 Å². The lowest BCUT2D eigenvalue weighted by Crippen LogP contribution is -2.40. The van der Waals surface area contributed by atoms with Gasteiger partial charge in [0.15, 0.2) is 0 Å². The van der Waals surface area contributed by atoms with E-state index in [1.165, 1.54) is 0 Å². The summed E-state index contributed by atoms with van der Waals surface area (Å²) in [4.78, 5) is 0. The SMILES string of the molecule is CCS(=O)(=O)NC1CCC(Oc2ccccc2C#N)CC1. The number of nitriles is 1. The van der Waals surface area contributed by atoms with Gasteiger partial charge in [-0.1, -0.05) is 12.1 Å². The average Bonchev–Trinajstić information content (AvgIpc) is 2.49. The van der Waals surface area contributed by atoms with Gasteiger partial charge in [0.05, 0.1) is 17.4 Å². The molecule has 0 unspecified atom stereocenters. The number of para-hydroxylation sites is 1. The van der Waals surface area contributed by atoms with Gasteiger partial charge in [-0.15, -0.1) is 0 Å². The van der Waals surface area contributed by atoms with Crippen LogP contribution in [0.5, 0.6) is 5.75 Å². The lowest BCUT2D eigenvalue weighted by atomic mass is 9.93. The Bertz CT molecular complexity index is 614. The second kappa shape index (κ2) is 6.92. The Morgan fingerprint density at radius 1 is 1.29 bits per heavy atom. The molecule has 21 heavy (non-hydrogen) atoms. The molecule has 0 aliphatic heterocycles. The topological polar surface area (TPSA) is 79.2 Å². The third-order valence-corrected chi connectivity index (χ3v) is 5.15. The molecule has 0 bridgehead atoms. The van der Waals surface area contributed by atoms with Crippen molar-refractivity contribution in [3.05, 3.63) is 29.8 Å². The number of sulfonamides is 1. The van der Waals surface area contributed by atoms with Gasteiger partial charge in [-0.2, -0.15) is 5.26 Å². The number of nitrogens with zero attached hydrogens (tertiary/aromatic N) is 1. The van der Waals surface area contributed by atoms with E-state index in [4.69, 9.17) is 10.00 Å². The van der Waals surface area contributed by atoms with Crippen LogP contribution in [0.3, 0.4) is 0 Å². The van der Waals surface area contributed by atoms with Gasteiger partial charge in [0.1, 0.15) is 11.8 Å². The van der Waals surface area contributed by atoms with E-state index < -0.39 is 10.0 Å². The summed E-state index contributed by atoms with van der Waals surface area (Å²) in [6, 6.07) is 9.30. The van der Waals surface area contributed by atoms with Crippen molar-refractivity contribution in [1.29, 1.82) is 5.26 Å². The van der Waals surface area contributed by atoms with Crippen LogP contribution in [0.2, 0.25) is 0 Å². The maximum atomic E-state index is 11.5.